The molecule has 0 aliphatic carbocycles. The smallest absolute Gasteiger partial charge is 0.234 e. The molecule has 3 rings (SSSR count). The van der Waals surface area contributed by atoms with Crippen LogP contribution in [0.3, 0.4) is 0 Å². The lowest BCUT2D eigenvalue weighted by Crippen LogP contribution is -2.14. The second kappa shape index (κ2) is 8.97. The van der Waals surface area contributed by atoms with Crippen molar-refractivity contribution in [3.05, 3.63) is 72.6 Å². The van der Waals surface area contributed by atoms with Gasteiger partial charge in [0.05, 0.1) is 22.9 Å². The Morgan fingerprint density at radius 3 is 2.68 bits per heavy atom. The van der Waals surface area contributed by atoms with Crippen LogP contribution < -0.4 is 5.32 Å². The van der Waals surface area contributed by atoms with Gasteiger partial charge in [-0.2, -0.15) is 5.26 Å². The van der Waals surface area contributed by atoms with Gasteiger partial charge in [0.25, 0.3) is 0 Å². The fourth-order valence-corrected chi connectivity index (χ4v) is 3.23. The van der Waals surface area contributed by atoms with Crippen LogP contribution in [0.4, 0.5) is 10.1 Å². The first kappa shape index (κ1) is 19.3. The molecule has 0 unspecified atom stereocenters. The van der Waals surface area contributed by atoms with E-state index in [1.165, 1.54) is 17.8 Å². The summed E-state index contributed by atoms with van der Waals surface area (Å²) in [5.74, 6) is -0.134. The number of halogens is 1. The molecule has 0 bridgehead atoms. The van der Waals surface area contributed by atoms with Crippen LogP contribution in [-0.4, -0.2) is 26.4 Å². The molecule has 0 atom stereocenters. The molecule has 1 N–H and O–H groups in total. The van der Waals surface area contributed by atoms with E-state index in [2.05, 4.69) is 22.1 Å². The molecule has 0 saturated heterocycles. The van der Waals surface area contributed by atoms with Gasteiger partial charge in [-0.1, -0.05) is 30.0 Å². The van der Waals surface area contributed by atoms with E-state index in [0.29, 0.717) is 34.3 Å². The van der Waals surface area contributed by atoms with Crippen LogP contribution in [0.2, 0.25) is 0 Å². The standard InChI is InChI=1S/C20H16FN5OS/c1-2-11-26-19(16-5-3-4-6-17(16)21)24-25-20(26)28-13-18(27)23-15-9-7-14(12-22)8-10-15/h2-10H,1,11,13H2,(H,23,27). The number of nitrogens with one attached hydrogen (secondary N) is 1. The molecule has 140 valence electrons. The summed E-state index contributed by atoms with van der Waals surface area (Å²) < 4.78 is 15.8. The van der Waals surface area contributed by atoms with Gasteiger partial charge in [-0.15, -0.1) is 16.8 Å². The number of nitrogens with zero attached hydrogens (tertiary/aromatic N) is 4. The monoisotopic (exact) mass is 393 g/mol. The Morgan fingerprint density at radius 1 is 1.25 bits per heavy atom. The van der Waals surface area contributed by atoms with Gasteiger partial charge in [-0.25, -0.2) is 4.39 Å². The van der Waals surface area contributed by atoms with Gasteiger partial charge in [-0.05, 0) is 36.4 Å². The predicted molar refractivity (Wildman–Crippen MR) is 106 cm³/mol. The molecule has 3 aromatic rings. The lowest BCUT2D eigenvalue weighted by atomic mass is 10.2. The minimum atomic E-state index is -0.393. The fraction of sp³-hybridized carbons (Fsp3) is 0.100. The van der Waals surface area contributed by atoms with E-state index in [1.54, 1.807) is 53.1 Å². The first-order valence-electron chi connectivity index (χ1n) is 8.34. The lowest BCUT2D eigenvalue weighted by molar-refractivity contribution is -0.113. The van der Waals surface area contributed by atoms with E-state index in [1.807, 2.05) is 6.07 Å². The number of hydrogen-bond acceptors (Lipinski definition) is 5. The fourth-order valence-electron chi connectivity index (χ4n) is 2.49. The number of allylic oxidation sites excluding steroid dienone is 1. The third-order valence-electron chi connectivity index (χ3n) is 3.77. The Balaban J connectivity index is 1.71. The quantitative estimate of drug-likeness (QED) is 0.487. The van der Waals surface area contributed by atoms with Crippen LogP contribution in [-0.2, 0) is 11.3 Å². The zero-order chi connectivity index (χ0) is 19.9. The average molecular weight is 393 g/mol. The molecular weight excluding hydrogens is 377 g/mol. The molecule has 0 aliphatic rings. The molecule has 6 nitrogen and oxygen atoms in total. The molecule has 8 heteroatoms. The average Bonchev–Trinajstić information content (AvgIpc) is 3.10. The molecule has 1 heterocycles. The summed E-state index contributed by atoms with van der Waals surface area (Å²) in [6, 6.07) is 14.9. The predicted octanol–water partition coefficient (Wildman–Crippen LogP) is 3.87. The normalized spacial score (nSPS) is 10.3. The SMILES string of the molecule is C=CCn1c(SCC(=O)Nc2ccc(C#N)cc2)nnc1-c1ccccc1F. The molecule has 0 spiro atoms. The first-order chi connectivity index (χ1) is 13.6. The van der Waals surface area contributed by atoms with Crippen molar-refractivity contribution < 1.29 is 9.18 Å². The van der Waals surface area contributed by atoms with Gasteiger partial charge < -0.3 is 5.32 Å². The second-order valence-electron chi connectivity index (χ2n) is 5.71. The number of aromatic nitrogens is 3. The third kappa shape index (κ3) is 4.45. The molecule has 0 radical (unpaired) electrons. The Kier molecular flexibility index (Phi) is 6.19. The van der Waals surface area contributed by atoms with E-state index in [0.717, 1.165) is 0 Å². The van der Waals surface area contributed by atoms with E-state index in [9.17, 15) is 9.18 Å². The van der Waals surface area contributed by atoms with Crippen molar-refractivity contribution in [2.75, 3.05) is 11.1 Å². The summed E-state index contributed by atoms with van der Waals surface area (Å²) in [7, 11) is 0. The van der Waals surface area contributed by atoms with Crippen LogP contribution in [0.25, 0.3) is 11.4 Å². The van der Waals surface area contributed by atoms with Crippen molar-refractivity contribution in [1.82, 2.24) is 14.8 Å². The Morgan fingerprint density at radius 2 is 2.00 bits per heavy atom. The van der Waals surface area contributed by atoms with Gasteiger partial charge in [0.2, 0.25) is 5.91 Å². The summed E-state index contributed by atoms with van der Waals surface area (Å²) in [5, 5.41) is 20.2. The number of rotatable bonds is 7. The van der Waals surface area contributed by atoms with Crippen molar-refractivity contribution in [2.45, 2.75) is 11.7 Å². The Hall–Kier alpha value is -3.44. The van der Waals surface area contributed by atoms with E-state index >= 15 is 0 Å². The highest BCUT2D eigenvalue weighted by Crippen LogP contribution is 2.26. The summed E-state index contributed by atoms with van der Waals surface area (Å²) in [5.41, 5.74) is 1.46. The molecule has 1 amide bonds. The summed E-state index contributed by atoms with van der Waals surface area (Å²) in [4.78, 5) is 12.2. The zero-order valence-electron chi connectivity index (χ0n) is 14.8. The third-order valence-corrected chi connectivity index (χ3v) is 4.74. The van der Waals surface area contributed by atoms with E-state index in [-0.39, 0.29) is 11.7 Å². The molecule has 0 aliphatic heterocycles. The van der Waals surface area contributed by atoms with Crippen molar-refractivity contribution in [3.8, 4) is 17.5 Å². The Bertz CT molecular complexity index is 1040. The van der Waals surface area contributed by atoms with Crippen molar-refractivity contribution in [3.63, 3.8) is 0 Å². The molecule has 28 heavy (non-hydrogen) atoms. The number of carbonyl (C=O) groups excluding carboxylic acids is 1. The Labute approximate surface area is 165 Å². The number of hydrogen-bond donors (Lipinski definition) is 1. The van der Waals surface area contributed by atoms with Gasteiger partial charge >= 0.3 is 0 Å². The molecule has 0 saturated carbocycles. The maximum absolute atomic E-state index is 14.1. The molecular formula is C20H16FN5OS. The minimum Gasteiger partial charge on any atom is -0.325 e. The number of carbonyl (C=O) groups is 1. The lowest BCUT2D eigenvalue weighted by Gasteiger charge is -2.08. The van der Waals surface area contributed by atoms with E-state index < -0.39 is 5.82 Å². The molecule has 0 fully saturated rings. The first-order valence-corrected chi connectivity index (χ1v) is 9.32. The number of anilines is 1. The largest absolute Gasteiger partial charge is 0.325 e. The maximum Gasteiger partial charge on any atom is 0.234 e. The van der Waals surface area contributed by atoms with Crippen LogP contribution >= 0.6 is 11.8 Å². The summed E-state index contributed by atoms with van der Waals surface area (Å²) >= 11 is 1.20. The summed E-state index contributed by atoms with van der Waals surface area (Å²) in [6.45, 7) is 4.10. The van der Waals surface area contributed by atoms with Gasteiger partial charge in [0.15, 0.2) is 11.0 Å². The molecule has 1 aromatic heterocycles. The molecule has 2 aromatic carbocycles. The van der Waals surface area contributed by atoms with Crippen LogP contribution in [0, 0.1) is 17.1 Å². The highest BCUT2D eigenvalue weighted by molar-refractivity contribution is 7.99. The number of thioether (sulfide) groups is 1. The van der Waals surface area contributed by atoms with Gasteiger partial charge in [-0.3, -0.25) is 9.36 Å². The number of nitriles is 1. The highest BCUT2D eigenvalue weighted by atomic mass is 32.2. The van der Waals surface area contributed by atoms with Crippen LogP contribution in [0.5, 0.6) is 0 Å². The van der Waals surface area contributed by atoms with Gasteiger partial charge in [0.1, 0.15) is 5.82 Å². The second-order valence-corrected chi connectivity index (χ2v) is 6.65. The topological polar surface area (TPSA) is 83.6 Å². The van der Waals surface area contributed by atoms with Gasteiger partial charge in [0, 0.05) is 12.2 Å². The zero-order valence-corrected chi connectivity index (χ0v) is 15.6. The van der Waals surface area contributed by atoms with Crippen LogP contribution in [0.15, 0.2) is 66.3 Å². The van der Waals surface area contributed by atoms with Crippen molar-refractivity contribution in [1.29, 1.82) is 5.26 Å². The minimum absolute atomic E-state index is 0.104. The van der Waals surface area contributed by atoms with Crippen molar-refractivity contribution in [2.24, 2.45) is 0 Å². The number of benzene rings is 2. The van der Waals surface area contributed by atoms with E-state index in [4.69, 9.17) is 5.26 Å². The van der Waals surface area contributed by atoms with Crippen molar-refractivity contribution >= 4 is 23.4 Å². The number of amides is 1. The highest BCUT2D eigenvalue weighted by Gasteiger charge is 2.17. The maximum atomic E-state index is 14.1. The van der Waals surface area contributed by atoms with Crippen LogP contribution in [0.1, 0.15) is 5.56 Å². The summed E-state index contributed by atoms with van der Waals surface area (Å²) in [6.07, 6.45) is 1.66.